The third-order valence-electron chi connectivity index (χ3n) is 6.11. The second kappa shape index (κ2) is 7.18. The minimum atomic E-state index is -0.847. The molecule has 0 spiro atoms. The monoisotopic (exact) mass is 430 g/mol. The average molecular weight is 432 g/mol. The summed E-state index contributed by atoms with van der Waals surface area (Å²) in [6.45, 7) is 7.32. The van der Waals surface area contributed by atoms with Crippen LogP contribution in [0, 0.1) is 5.41 Å². The maximum Gasteiger partial charge on any atom is 0.240 e. The molecule has 6 heteroatoms. The molecule has 0 aliphatic heterocycles. The van der Waals surface area contributed by atoms with Gasteiger partial charge >= 0.3 is 0 Å². The lowest BCUT2D eigenvalue weighted by atomic mass is 9.54. The smallest absolute Gasteiger partial charge is 0.240 e. The first-order valence-corrected chi connectivity index (χ1v) is 9.49. The van der Waals surface area contributed by atoms with Crippen molar-refractivity contribution in [2.24, 2.45) is 11.1 Å². The zero-order valence-corrected chi connectivity index (χ0v) is 17.5. The lowest BCUT2D eigenvalue weighted by molar-refractivity contribution is -0.170. The molecular formula is C19H28BrClN2O2. The van der Waals surface area contributed by atoms with Crippen molar-refractivity contribution in [1.82, 2.24) is 5.32 Å². The van der Waals surface area contributed by atoms with Crippen LogP contribution >= 0.6 is 28.3 Å². The molecule has 0 heterocycles. The summed E-state index contributed by atoms with van der Waals surface area (Å²) in [5.74, 6) is -0.0512. The van der Waals surface area contributed by atoms with Gasteiger partial charge in [0.05, 0.1) is 6.10 Å². The van der Waals surface area contributed by atoms with Gasteiger partial charge in [-0.2, -0.15) is 0 Å². The van der Waals surface area contributed by atoms with Crippen molar-refractivity contribution in [1.29, 1.82) is 0 Å². The van der Waals surface area contributed by atoms with Gasteiger partial charge in [-0.1, -0.05) is 41.9 Å². The number of halogens is 2. The van der Waals surface area contributed by atoms with Crippen LogP contribution in [0.1, 0.15) is 45.6 Å². The Morgan fingerprint density at radius 2 is 2.08 bits per heavy atom. The molecule has 3 N–H and O–H groups in total. The highest BCUT2D eigenvalue weighted by molar-refractivity contribution is 9.10. The first-order valence-electron chi connectivity index (χ1n) is 8.70. The van der Waals surface area contributed by atoms with Gasteiger partial charge in [-0.15, -0.1) is 12.4 Å². The summed E-state index contributed by atoms with van der Waals surface area (Å²) in [5.41, 5.74) is 6.62. The largest absolute Gasteiger partial charge is 0.378 e. The van der Waals surface area contributed by atoms with E-state index in [0.717, 1.165) is 17.3 Å². The van der Waals surface area contributed by atoms with Gasteiger partial charge in [0, 0.05) is 34.9 Å². The summed E-state index contributed by atoms with van der Waals surface area (Å²) in [6.07, 6.45) is 2.85. The van der Waals surface area contributed by atoms with Gasteiger partial charge in [-0.25, -0.2) is 0 Å². The Balaban J connectivity index is 0.00000225. The lowest BCUT2D eigenvalue weighted by Gasteiger charge is -2.57. The fraction of sp³-hybridized carbons (Fsp3) is 0.632. The molecule has 0 bridgehead atoms. The molecule has 1 aromatic carbocycles. The molecule has 0 aromatic heterocycles. The molecule has 3 rings (SSSR count). The van der Waals surface area contributed by atoms with Crippen molar-refractivity contribution in [3.05, 3.63) is 34.3 Å². The van der Waals surface area contributed by atoms with Crippen molar-refractivity contribution in [2.75, 3.05) is 13.2 Å². The molecule has 2 saturated carbocycles. The number of ether oxygens (including phenoxy) is 1. The molecule has 140 valence electrons. The van der Waals surface area contributed by atoms with E-state index in [-0.39, 0.29) is 35.2 Å². The van der Waals surface area contributed by atoms with Crippen LogP contribution in [0.5, 0.6) is 0 Å². The molecule has 2 aliphatic carbocycles. The van der Waals surface area contributed by atoms with E-state index in [0.29, 0.717) is 19.6 Å². The van der Waals surface area contributed by atoms with Crippen LogP contribution < -0.4 is 11.1 Å². The molecule has 2 atom stereocenters. The minimum Gasteiger partial charge on any atom is -0.378 e. The number of rotatable bonds is 6. The standard InChI is InChI=1S/C19H27BrN2O2.ClH/c1-4-24-15-11-19(21,17(15,2)3)16(23)22-12-18(8-9-18)13-6-5-7-14(20)10-13;/h5-7,10,15H,4,8-9,11-12,21H2,1-3H3,(H,22,23);1H. The normalized spacial score (nSPS) is 28.4. The van der Waals surface area contributed by atoms with Gasteiger partial charge in [0.2, 0.25) is 5.91 Å². The fourth-order valence-electron chi connectivity index (χ4n) is 3.76. The molecule has 25 heavy (non-hydrogen) atoms. The topological polar surface area (TPSA) is 64.3 Å². The Kier molecular flexibility index (Phi) is 5.94. The van der Waals surface area contributed by atoms with Crippen molar-refractivity contribution in [3.8, 4) is 0 Å². The Bertz CT molecular complexity index is 648. The number of nitrogens with one attached hydrogen (secondary N) is 1. The van der Waals surface area contributed by atoms with Crippen LogP contribution in [0.3, 0.4) is 0 Å². The number of hydrogen-bond donors (Lipinski definition) is 2. The van der Waals surface area contributed by atoms with E-state index in [4.69, 9.17) is 10.5 Å². The van der Waals surface area contributed by atoms with Crippen LogP contribution in [0.2, 0.25) is 0 Å². The average Bonchev–Trinajstić information content (AvgIpc) is 3.33. The highest BCUT2D eigenvalue weighted by Crippen LogP contribution is 2.51. The SMILES string of the molecule is CCOC1CC(N)(C(=O)NCC2(c3cccc(Br)c3)CC2)C1(C)C.Cl. The van der Waals surface area contributed by atoms with Crippen molar-refractivity contribution in [2.45, 2.75) is 57.1 Å². The lowest BCUT2D eigenvalue weighted by Crippen LogP contribution is -2.76. The summed E-state index contributed by atoms with van der Waals surface area (Å²) in [4.78, 5) is 12.8. The zero-order chi connectivity index (χ0) is 17.6. The van der Waals surface area contributed by atoms with Gasteiger partial charge in [0.1, 0.15) is 5.54 Å². The molecule has 0 radical (unpaired) electrons. The molecule has 2 aliphatic rings. The third-order valence-corrected chi connectivity index (χ3v) is 6.61. The van der Waals surface area contributed by atoms with Crippen LogP contribution in [0.25, 0.3) is 0 Å². The number of amides is 1. The Morgan fingerprint density at radius 3 is 2.60 bits per heavy atom. The summed E-state index contributed by atoms with van der Waals surface area (Å²) in [5, 5.41) is 3.13. The molecule has 1 aromatic rings. The van der Waals surface area contributed by atoms with E-state index in [1.165, 1.54) is 5.56 Å². The zero-order valence-electron chi connectivity index (χ0n) is 15.1. The van der Waals surface area contributed by atoms with E-state index in [1.807, 2.05) is 32.9 Å². The Hall–Kier alpha value is -0.620. The van der Waals surface area contributed by atoms with E-state index in [9.17, 15) is 4.79 Å². The Labute approximate surface area is 164 Å². The van der Waals surface area contributed by atoms with E-state index >= 15 is 0 Å². The van der Waals surface area contributed by atoms with E-state index in [1.54, 1.807) is 0 Å². The molecular weight excluding hydrogens is 404 g/mol. The number of nitrogens with two attached hydrogens (primary N) is 1. The van der Waals surface area contributed by atoms with Crippen molar-refractivity contribution >= 4 is 34.2 Å². The van der Waals surface area contributed by atoms with E-state index in [2.05, 4.69) is 33.4 Å². The first-order chi connectivity index (χ1) is 11.2. The molecule has 4 nitrogen and oxygen atoms in total. The number of benzene rings is 1. The number of hydrogen-bond acceptors (Lipinski definition) is 3. The predicted octanol–water partition coefficient (Wildman–Crippen LogP) is 3.55. The predicted molar refractivity (Wildman–Crippen MR) is 106 cm³/mol. The maximum atomic E-state index is 12.8. The minimum absolute atomic E-state index is 0. The number of carbonyl (C=O) groups is 1. The summed E-state index contributed by atoms with van der Waals surface area (Å²) in [6, 6.07) is 8.36. The molecule has 2 unspecified atom stereocenters. The van der Waals surface area contributed by atoms with Gasteiger partial charge in [-0.3, -0.25) is 4.79 Å². The third kappa shape index (κ3) is 3.48. The maximum absolute atomic E-state index is 12.8. The van der Waals surface area contributed by atoms with Crippen LogP contribution in [0.4, 0.5) is 0 Å². The number of carbonyl (C=O) groups excluding carboxylic acids is 1. The summed E-state index contributed by atoms with van der Waals surface area (Å²) < 4.78 is 6.79. The second-order valence-electron chi connectivity index (χ2n) is 7.81. The fourth-order valence-corrected chi connectivity index (χ4v) is 4.16. The molecule has 1 amide bonds. The van der Waals surface area contributed by atoms with Crippen LogP contribution in [-0.2, 0) is 14.9 Å². The highest BCUT2D eigenvalue weighted by atomic mass is 79.9. The summed E-state index contributed by atoms with van der Waals surface area (Å²) >= 11 is 3.53. The van der Waals surface area contributed by atoms with Gasteiger partial charge in [0.25, 0.3) is 0 Å². The van der Waals surface area contributed by atoms with E-state index < -0.39 is 5.54 Å². The van der Waals surface area contributed by atoms with Crippen LogP contribution in [0.15, 0.2) is 28.7 Å². The van der Waals surface area contributed by atoms with Gasteiger partial charge in [-0.05, 0) is 37.5 Å². The van der Waals surface area contributed by atoms with Crippen molar-refractivity contribution in [3.63, 3.8) is 0 Å². The first kappa shape index (κ1) is 20.7. The van der Waals surface area contributed by atoms with Gasteiger partial charge < -0.3 is 15.8 Å². The van der Waals surface area contributed by atoms with Gasteiger partial charge in [0.15, 0.2) is 0 Å². The summed E-state index contributed by atoms with van der Waals surface area (Å²) in [7, 11) is 0. The molecule has 2 fully saturated rings. The Morgan fingerprint density at radius 1 is 1.40 bits per heavy atom. The van der Waals surface area contributed by atoms with Crippen LogP contribution in [-0.4, -0.2) is 30.7 Å². The highest BCUT2D eigenvalue weighted by Gasteiger charge is 2.63. The second-order valence-corrected chi connectivity index (χ2v) is 8.73. The van der Waals surface area contributed by atoms with Crippen molar-refractivity contribution < 1.29 is 9.53 Å². The molecule has 0 saturated heterocycles. The quantitative estimate of drug-likeness (QED) is 0.724.